The average molecular weight is 421 g/mol. The van der Waals surface area contributed by atoms with Gasteiger partial charge >= 0.3 is 0 Å². The number of hydrogen-bond acceptors (Lipinski definition) is 3. The largest absolute Gasteiger partial charge is 0.383 e. The molecule has 2 aromatic carbocycles. The lowest BCUT2D eigenvalue weighted by Gasteiger charge is -2.11. The molecule has 1 heterocycles. The highest BCUT2D eigenvalue weighted by Gasteiger charge is 2.12. The third-order valence-electron chi connectivity index (χ3n) is 3.76. The van der Waals surface area contributed by atoms with Crippen molar-refractivity contribution in [3.8, 4) is 11.3 Å². The van der Waals surface area contributed by atoms with Crippen molar-refractivity contribution in [3.05, 3.63) is 70.6 Å². The highest BCUT2D eigenvalue weighted by molar-refractivity contribution is 9.10. The van der Waals surface area contributed by atoms with Gasteiger partial charge in [0.15, 0.2) is 5.16 Å². The van der Waals surface area contributed by atoms with E-state index in [0.717, 1.165) is 38.7 Å². The molecule has 3 aromatic rings. The van der Waals surface area contributed by atoms with Gasteiger partial charge in [-0.1, -0.05) is 52.0 Å². The van der Waals surface area contributed by atoms with Gasteiger partial charge in [-0.2, -0.15) is 0 Å². The lowest BCUT2D eigenvalue weighted by atomic mass is 10.2. The van der Waals surface area contributed by atoms with E-state index in [2.05, 4.69) is 37.6 Å². The summed E-state index contributed by atoms with van der Waals surface area (Å²) in [4.78, 5) is 4.59. The van der Waals surface area contributed by atoms with Crippen LogP contribution in [0, 0.1) is 5.82 Å². The Morgan fingerprint density at radius 2 is 1.84 bits per heavy atom. The van der Waals surface area contributed by atoms with Crippen LogP contribution in [0.2, 0.25) is 0 Å². The molecule has 0 unspecified atom stereocenters. The van der Waals surface area contributed by atoms with E-state index in [0.29, 0.717) is 6.61 Å². The number of hydrogen-bond donors (Lipinski definition) is 0. The first kappa shape index (κ1) is 18.2. The van der Waals surface area contributed by atoms with Gasteiger partial charge in [0.05, 0.1) is 18.5 Å². The van der Waals surface area contributed by atoms with Crippen LogP contribution in [0.4, 0.5) is 4.39 Å². The molecule has 1 aromatic heterocycles. The Kier molecular flexibility index (Phi) is 6.29. The van der Waals surface area contributed by atoms with Gasteiger partial charge in [-0.3, -0.25) is 0 Å². The lowest BCUT2D eigenvalue weighted by molar-refractivity contribution is 0.185. The molecule has 0 spiro atoms. The highest BCUT2D eigenvalue weighted by Crippen LogP contribution is 2.29. The Bertz CT molecular complexity index is 818. The fourth-order valence-electron chi connectivity index (χ4n) is 2.45. The summed E-state index contributed by atoms with van der Waals surface area (Å²) in [5.41, 5.74) is 3.24. The predicted molar refractivity (Wildman–Crippen MR) is 103 cm³/mol. The number of thioether (sulfide) groups is 1. The number of benzene rings is 2. The zero-order chi connectivity index (χ0) is 17.6. The van der Waals surface area contributed by atoms with Gasteiger partial charge in [0.1, 0.15) is 5.82 Å². The first-order valence-corrected chi connectivity index (χ1v) is 9.63. The molecule has 0 radical (unpaired) electrons. The third-order valence-corrected chi connectivity index (χ3v) is 5.35. The summed E-state index contributed by atoms with van der Waals surface area (Å²) in [6.45, 7) is 1.34. The van der Waals surface area contributed by atoms with Crippen LogP contribution in [0.15, 0.2) is 64.4 Å². The summed E-state index contributed by atoms with van der Waals surface area (Å²) in [7, 11) is 1.70. The van der Waals surface area contributed by atoms with Gasteiger partial charge in [0, 0.05) is 23.9 Å². The maximum atomic E-state index is 13.0. The Hall–Kier alpha value is -1.63. The molecule has 0 atom stereocenters. The molecular formula is C19H18BrFN2OS. The van der Waals surface area contributed by atoms with E-state index in [-0.39, 0.29) is 5.82 Å². The van der Waals surface area contributed by atoms with Crippen LogP contribution in [-0.2, 0) is 17.0 Å². The van der Waals surface area contributed by atoms with Gasteiger partial charge < -0.3 is 9.30 Å². The number of halogens is 2. The summed E-state index contributed by atoms with van der Waals surface area (Å²) in [6.07, 6.45) is 1.89. The molecule has 3 nitrogen and oxygen atoms in total. The maximum Gasteiger partial charge on any atom is 0.168 e. The number of nitrogens with zero attached hydrogens (tertiary/aromatic N) is 2. The van der Waals surface area contributed by atoms with E-state index >= 15 is 0 Å². The van der Waals surface area contributed by atoms with Gasteiger partial charge in [-0.05, 0) is 35.4 Å². The minimum absolute atomic E-state index is 0.215. The zero-order valence-corrected chi connectivity index (χ0v) is 16.2. The Morgan fingerprint density at radius 1 is 1.12 bits per heavy atom. The van der Waals surface area contributed by atoms with Crippen molar-refractivity contribution < 1.29 is 9.13 Å². The number of rotatable bonds is 7. The number of imidazole rings is 1. The van der Waals surface area contributed by atoms with E-state index in [1.165, 1.54) is 12.1 Å². The number of aromatic nitrogens is 2. The molecule has 0 aliphatic carbocycles. The average Bonchev–Trinajstić information content (AvgIpc) is 3.03. The Labute approximate surface area is 159 Å². The summed E-state index contributed by atoms with van der Waals surface area (Å²) >= 11 is 5.11. The molecule has 3 rings (SSSR count). The van der Waals surface area contributed by atoms with Crippen LogP contribution < -0.4 is 0 Å². The molecule has 0 aliphatic rings. The number of methoxy groups -OCH3 is 1. The number of ether oxygens (including phenoxy) is 1. The topological polar surface area (TPSA) is 27.1 Å². The minimum Gasteiger partial charge on any atom is -0.383 e. The summed E-state index contributed by atoms with van der Waals surface area (Å²) < 4.78 is 21.5. The smallest absolute Gasteiger partial charge is 0.168 e. The second-order valence-electron chi connectivity index (χ2n) is 5.49. The SMILES string of the molecule is COCCn1c(-c2ccc(Br)cc2)cnc1SCc1ccc(F)cc1. The lowest BCUT2D eigenvalue weighted by Crippen LogP contribution is -2.07. The van der Waals surface area contributed by atoms with Gasteiger partial charge in [0.2, 0.25) is 0 Å². The monoisotopic (exact) mass is 420 g/mol. The van der Waals surface area contributed by atoms with Gasteiger partial charge in [0.25, 0.3) is 0 Å². The van der Waals surface area contributed by atoms with Gasteiger partial charge in [-0.15, -0.1) is 0 Å². The molecule has 0 saturated carbocycles. The fraction of sp³-hybridized carbons (Fsp3) is 0.211. The zero-order valence-electron chi connectivity index (χ0n) is 13.8. The summed E-state index contributed by atoms with van der Waals surface area (Å²) in [6, 6.07) is 14.8. The van der Waals surface area contributed by atoms with E-state index < -0.39 is 0 Å². The van der Waals surface area contributed by atoms with Crippen LogP contribution in [0.3, 0.4) is 0 Å². The molecule has 0 saturated heterocycles. The maximum absolute atomic E-state index is 13.0. The molecule has 0 amide bonds. The highest BCUT2D eigenvalue weighted by atomic mass is 79.9. The van der Waals surface area contributed by atoms with Crippen molar-refractivity contribution in [1.82, 2.24) is 9.55 Å². The second-order valence-corrected chi connectivity index (χ2v) is 7.35. The first-order valence-electron chi connectivity index (χ1n) is 7.85. The molecular weight excluding hydrogens is 403 g/mol. The van der Waals surface area contributed by atoms with Crippen LogP contribution in [0.1, 0.15) is 5.56 Å². The van der Waals surface area contributed by atoms with E-state index in [9.17, 15) is 4.39 Å². The summed E-state index contributed by atoms with van der Waals surface area (Å²) in [5.74, 6) is 0.525. The standard InChI is InChI=1S/C19H18BrFN2OS/c1-24-11-10-23-18(15-4-6-16(20)7-5-15)12-22-19(23)25-13-14-2-8-17(21)9-3-14/h2-9,12H,10-11,13H2,1H3. The van der Waals surface area contributed by atoms with Crippen LogP contribution >= 0.6 is 27.7 Å². The second kappa shape index (κ2) is 8.65. The van der Waals surface area contributed by atoms with E-state index in [1.807, 2.05) is 18.3 Å². The molecule has 25 heavy (non-hydrogen) atoms. The molecule has 6 heteroatoms. The molecule has 0 fully saturated rings. The Morgan fingerprint density at radius 3 is 2.52 bits per heavy atom. The van der Waals surface area contributed by atoms with Crippen molar-refractivity contribution in [3.63, 3.8) is 0 Å². The first-order chi connectivity index (χ1) is 12.2. The van der Waals surface area contributed by atoms with Crippen LogP contribution in [-0.4, -0.2) is 23.3 Å². The normalized spacial score (nSPS) is 11.0. The predicted octanol–water partition coefficient (Wildman–Crippen LogP) is 5.39. The van der Waals surface area contributed by atoms with Crippen LogP contribution in [0.25, 0.3) is 11.3 Å². The van der Waals surface area contributed by atoms with Gasteiger partial charge in [-0.25, -0.2) is 9.37 Å². The molecule has 0 aliphatic heterocycles. The molecule has 130 valence electrons. The van der Waals surface area contributed by atoms with Crippen molar-refractivity contribution in [1.29, 1.82) is 0 Å². The quantitative estimate of drug-likeness (QED) is 0.479. The molecule has 0 bridgehead atoms. The van der Waals surface area contributed by atoms with Crippen molar-refractivity contribution in [2.24, 2.45) is 0 Å². The van der Waals surface area contributed by atoms with Crippen molar-refractivity contribution in [2.45, 2.75) is 17.5 Å². The fourth-order valence-corrected chi connectivity index (χ4v) is 3.68. The van der Waals surface area contributed by atoms with E-state index in [1.54, 1.807) is 31.0 Å². The van der Waals surface area contributed by atoms with Crippen LogP contribution in [0.5, 0.6) is 0 Å². The molecule has 0 N–H and O–H groups in total. The minimum atomic E-state index is -0.215. The summed E-state index contributed by atoms with van der Waals surface area (Å²) in [5, 5.41) is 0.930. The Balaban J connectivity index is 1.82. The third kappa shape index (κ3) is 4.71. The van der Waals surface area contributed by atoms with Crippen molar-refractivity contribution >= 4 is 27.7 Å². The van der Waals surface area contributed by atoms with E-state index in [4.69, 9.17) is 4.74 Å². The van der Waals surface area contributed by atoms with Crippen molar-refractivity contribution in [2.75, 3.05) is 13.7 Å².